The van der Waals surface area contributed by atoms with Gasteiger partial charge in [-0.15, -0.1) is 0 Å². The zero-order valence-corrected chi connectivity index (χ0v) is 17.1. The zero-order valence-electron chi connectivity index (χ0n) is 17.1. The fraction of sp³-hybridized carbons (Fsp3) is 0.429. The number of rotatable bonds is 5. The van der Waals surface area contributed by atoms with Gasteiger partial charge in [0.2, 0.25) is 5.91 Å². The number of fused-ring (bicyclic) bond motifs is 1. The van der Waals surface area contributed by atoms with Crippen molar-refractivity contribution in [1.29, 1.82) is 0 Å². The molecule has 0 bridgehead atoms. The van der Waals surface area contributed by atoms with Crippen LogP contribution in [0.4, 0.5) is 5.82 Å². The number of piperazine rings is 1. The molecule has 3 heterocycles. The standard InChI is InChI=1S/C21H26N6O2/c1-15-4-5-18(12-16(15)2)29-11-6-20(28)26-9-7-25(8-10-26)19-13-17(3)24-21-22-14-23-27(19)21/h4-5,12-14H,6-11H2,1-3H3. The molecule has 4 rings (SSSR count). The van der Waals surface area contributed by atoms with Crippen molar-refractivity contribution < 1.29 is 9.53 Å². The van der Waals surface area contributed by atoms with Gasteiger partial charge in [-0.2, -0.15) is 14.6 Å². The Labute approximate surface area is 170 Å². The quantitative estimate of drug-likeness (QED) is 0.660. The van der Waals surface area contributed by atoms with Gasteiger partial charge in [-0.25, -0.2) is 4.98 Å². The number of anilines is 1. The molecule has 1 aliphatic rings. The lowest BCUT2D eigenvalue weighted by Gasteiger charge is -2.36. The summed E-state index contributed by atoms with van der Waals surface area (Å²) in [7, 11) is 0. The minimum absolute atomic E-state index is 0.130. The maximum Gasteiger partial charge on any atom is 0.254 e. The first-order valence-corrected chi connectivity index (χ1v) is 9.91. The number of carbonyl (C=O) groups excluding carboxylic acids is 1. The highest BCUT2D eigenvalue weighted by atomic mass is 16.5. The Kier molecular flexibility index (Phi) is 5.33. The van der Waals surface area contributed by atoms with Crippen molar-refractivity contribution in [3.63, 3.8) is 0 Å². The Morgan fingerprint density at radius 2 is 1.86 bits per heavy atom. The molecule has 8 nitrogen and oxygen atoms in total. The highest BCUT2D eigenvalue weighted by Gasteiger charge is 2.23. The van der Waals surface area contributed by atoms with Crippen LogP contribution in [-0.2, 0) is 4.79 Å². The molecule has 0 radical (unpaired) electrons. The molecule has 0 unspecified atom stereocenters. The second-order valence-electron chi connectivity index (χ2n) is 7.44. The van der Waals surface area contributed by atoms with E-state index in [4.69, 9.17) is 4.74 Å². The number of amides is 1. The van der Waals surface area contributed by atoms with Crippen molar-refractivity contribution in [3.05, 3.63) is 47.4 Å². The van der Waals surface area contributed by atoms with E-state index in [9.17, 15) is 4.79 Å². The first kappa shape index (κ1) is 19.2. The van der Waals surface area contributed by atoms with E-state index in [1.165, 1.54) is 17.5 Å². The maximum absolute atomic E-state index is 12.6. The van der Waals surface area contributed by atoms with E-state index in [2.05, 4.69) is 33.8 Å². The molecule has 0 aliphatic carbocycles. The number of carbonyl (C=O) groups is 1. The van der Waals surface area contributed by atoms with Crippen molar-refractivity contribution in [2.75, 3.05) is 37.7 Å². The van der Waals surface area contributed by atoms with Gasteiger partial charge in [0.1, 0.15) is 17.9 Å². The average Bonchev–Trinajstić information content (AvgIpc) is 3.18. The summed E-state index contributed by atoms with van der Waals surface area (Å²) in [5, 5.41) is 4.27. The number of aromatic nitrogens is 4. The number of nitrogens with zero attached hydrogens (tertiary/aromatic N) is 6. The van der Waals surface area contributed by atoms with Gasteiger partial charge in [-0.1, -0.05) is 6.07 Å². The Morgan fingerprint density at radius 3 is 2.62 bits per heavy atom. The lowest BCUT2D eigenvalue weighted by molar-refractivity contribution is -0.132. The van der Waals surface area contributed by atoms with Gasteiger partial charge in [0, 0.05) is 37.9 Å². The summed E-state index contributed by atoms with van der Waals surface area (Å²) in [5.41, 5.74) is 3.33. The predicted molar refractivity (Wildman–Crippen MR) is 110 cm³/mol. The minimum Gasteiger partial charge on any atom is -0.493 e. The third-order valence-corrected chi connectivity index (χ3v) is 5.38. The number of hydrogen-bond donors (Lipinski definition) is 0. The summed E-state index contributed by atoms with van der Waals surface area (Å²) in [6.45, 7) is 9.34. The number of hydrogen-bond acceptors (Lipinski definition) is 6. The third kappa shape index (κ3) is 4.16. The van der Waals surface area contributed by atoms with Crippen LogP contribution in [0.3, 0.4) is 0 Å². The predicted octanol–water partition coefficient (Wildman–Crippen LogP) is 2.17. The molecule has 1 aromatic carbocycles. The maximum atomic E-state index is 12.6. The third-order valence-electron chi connectivity index (χ3n) is 5.38. The topological polar surface area (TPSA) is 75.9 Å². The number of aryl methyl sites for hydroxylation is 3. The van der Waals surface area contributed by atoms with Crippen LogP contribution in [-0.4, -0.2) is 63.2 Å². The van der Waals surface area contributed by atoms with E-state index in [1.54, 1.807) is 4.52 Å². The van der Waals surface area contributed by atoms with E-state index in [-0.39, 0.29) is 5.91 Å². The molecular weight excluding hydrogens is 368 g/mol. The molecule has 3 aromatic rings. The summed E-state index contributed by atoms with van der Waals surface area (Å²) in [6, 6.07) is 8.02. The first-order chi connectivity index (χ1) is 14.0. The van der Waals surface area contributed by atoms with Crippen molar-refractivity contribution in [3.8, 4) is 5.75 Å². The molecule has 8 heteroatoms. The summed E-state index contributed by atoms with van der Waals surface area (Å²) >= 11 is 0. The van der Waals surface area contributed by atoms with Gasteiger partial charge in [-0.3, -0.25) is 4.79 Å². The summed E-state index contributed by atoms with van der Waals surface area (Å²) < 4.78 is 7.51. The SMILES string of the molecule is Cc1cc(N2CCN(C(=O)CCOc3ccc(C)c(C)c3)CC2)n2ncnc2n1. The molecule has 0 atom stereocenters. The Hall–Kier alpha value is -3.16. The van der Waals surface area contributed by atoms with E-state index < -0.39 is 0 Å². The summed E-state index contributed by atoms with van der Waals surface area (Å²) in [4.78, 5) is 25.3. The molecule has 1 fully saturated rings. The van der Waals surface area contributed by atoms with Gasteiger partial charge < -0.3 is 14.5 Å². The second-order valence-corrected chi connectivity index (χ2v) is 7.44. The van der Waals surface area contributed by atoms with Crippen molar-refractivity contribution in [2.24, 2.45) is 0 Å². The fourth-order valence-electron chi connectivity index (χ4n) is 3.54. The lowest BCUT2D eigenvalue weighted by Crippen LogP contribution is -2.49. The Morgan fingerprint density at radius 1 is 1.07 bits per heavy atom. The van der Waals surface area contributed by atoms with Gasteiger partial charge >= 0.3 is 0 Å². The fourth-order valence-corrected chi connectivity index (χ4v) is 3.54. The van der Waals surface area contributed by atoms with Crippen molar-refractivity contribution in [2.45, 2.75) is 27.2 Å². The molecule has 0 N–H and O–H groups in total. The van der Waals surface area contributed by atoms with Gasteiger partial charge in [0.15, 0.2) is 0 Å². The molecule has 2 aromatic heterocycles. The van der Waals surface area contributed by atoms with Crippen molar-refractivity contribution in [1.82, 2.24) is 24.5 Å². The highest BCUT2D eigenvalue weighted by molar-refractivity contribution is 5.76. The van der Waals surface area contributed by atoms with Gasteiger partial charge in [0.05, 0.1) is 13.0 Å². The van der Waals surface area contributed by atoms with E-state index in [0.717, 1.165) is 30.4 Å². The second kappa shape index (κ2) is 8.06. The van der Waals surface area contributed by atoms with Crippen LogP contribution in [0.15, 0.2) is 30.6 Å². The van der Waals surface area contributed by atoms with Crippen LogP contribution < -0.4 is 9.64 Å². The molecule has 152 valence electrons. The highest BCUT2D eigenvalue weighted by Crippen LogP contribution is 2.19. The molecule has 1 amide bonds. The Bertz CT molecular complexity index is 1020. The molecule has 1 saturated heterocycles. The van der Waals surface area contributed by atoms with Crippen molar-refractivity contribution >= 4 is 17.5 Å². The minimum atomic E-state index is 0.130. The average molecular weight is 394 g/mol. The Balaban J connectivity index is 1.30. The summed E-state index contributed by atoms with van der Waals surface area (Å²) in [5.74, 6) is 2.51. The molecule has 29 heavy (non-hydrogen) atoms. The number of ether oxygens (including phenoxy) is 1. The van der Waals surface area contributed by atoms with E-state index in [1.807, 2.05) is 36.1 Å². The van der Waals surface area contributed by atoms with Gasteiger partial charge in [-0.05, 0) is 44.0 Å². The zero-order chi connectivity index (χ0) is 20.4. The molecule has 1 aliphatic heterocycles. The van der Waals surface area contributed by atoms with E-state index in [0.29, 0.717) is 31.9 Å². The molecular formula is C21H26N6O2. The van der Waals surface area contributed by atoms with Gasteiger partial charge in [0.25, 0.3) is 5.78 Å². The summed E-state index contributed by atoms with van der Waals surface area (Å²) in [6.07, 6.45) is 1.90. The monoisotopic (exact) mass is 394 g/mol. The van der Waals surface area contributed by atoms with Crippen LogP contribution in [0.1, 0.15) is 23.2 Å². The number of benzene rings is 1. The smallest absolute Gasteiger partial charge is 0.254 e. The normalized spacial score (nSPS) is 14.4. The first-order valence-electron chi connectivity index (χ1n) is 9.91. The van der Waals surface area contributed by atoms with Crippen LogP contribution in [0, 0.1) is 20.8 Å². The van der Waals surface area contributed by atoms with Crippen LogP contribution in [0.5, 0.6) is 5.75 Å². The van der Waals surface area contributed by atoms with E-state index >= 15 is 0 Å². The van der Waals surface area contributed by atoms with Crippen LogP contribution in [0.25, 0.3) is 5.78 Å². The lowest BCUT2D eigenvalue weighted by atomic mass is 10.1. The largest absolute Gasteiger partial charge is 0.493 e. The molecule has 0 spiro atoms. The van der Waals surface area contributed by atoms with Crippen LogP contribution in [0.2, 0.25) is 0 Å². The molecule has 0 saturated carbocycles. The van der Waals surface area contributed by atoms with Crippen LogP contribution >= 0.6 is 0 Å².